The van der Waals surface area contributed by atoms with E-state index in [1.807, 2.05) is 4.90 Å². The van der Waals surface area contributed by atoms with Crippen LogP contribution in [0, 0.1) is 5.82 Å². The maximum Gasteiger partial charge on any atom is 0.319 e. The van der Waals surface area contributed by atoms with E-state index >= 15 is 0 Å². The number of urea groups is 1. The van der Waals surface area contributed by atoms with Crippen LogP contribution in [0.15, 0.2) is 18.2 Å². The summed E-state index contributed by atoms with van der Waals surface area (Å²) >= 11 is 0. The first-order valence-electron chi connectivity index (χ1n) is 7.83. The van der Waals surface area contributed by atoms with Crippen LogP contribution in [-0.2, 0) is 4.79 Å². The number of carbonyl (C=O) groups is 2. The summed E-state index contributed by atoms with van der Waals surface area (Å²) in [4.78, 5) is 26.3. The number of hydrogen-bond donors (Lipinski definition) is 3. The van der Waals surface area contributed by atoms with Crippen LogP contribution in [0.2, 0.25) is 0 Å². The number of rotatable bonds is 5. The van der Waals surface area contributed by atoms with Crippen molar-refractivity contribution in [2.45, 2.75) is 18.9 Å². The van der Waals surface area contributed by atoms with Crippen molar-refractivity contribution >= 4 is 23.4 Å². The Bertz CT molecular complexity index is 601. The number of carbonyl (C=O) groups excluding carboxylic acids is 1. The van der Waals surface area contributed by atoms with Crippen LogP contribution in [0.5, 0.6) is 0 Å². The van der Waals surface area contributed by atoms with E-state index in [0.29, 0.717) is 37.3 Å². The van der Waals surface area contributed by atoms with Gasteiger partial charge in [-0.2, -0.15) is 0 Å². The molecule has 7 nitrogen and oxygen atoms in total. The van der Waals surface area contributed by atoms with Gasteiger partial charge in [0.05, 0.1) is 6.54 Å². The summed E-state index contributed by atoms with van der Waals surface area (Å²) in [5.41, 5.74) is 1.05. The lowest BCUT2D eigenvalue weighted by Crippen LogP contribution is -2.47. The molecule has 0 atom stereocenters. The minimum atomic E-state index is -0.845. The molecule has 0 aromatic heterocycles. The zero-order chi connectivity index (χ0) is 17.7. The van der Waals surface area contributed by atoms with Crippen LogP contribution in [0.4, 0.5) is 20.6 Å². The minimum Gasteiger partial charge on any atom is -0.480 e. The van der Waals surface area contributed by atoms with Gasteiger partial charge < -0.3 is 20.6 Å². The minimum absolute atomic E-state index is 0.0167. The second-order valence-corrected chi connectivity index (χ2v) is 6.14. The van der Waals surface area contributed by atoms with Crippen molar-refractivity contribution in [1.82, 2.24) is 10.2 Å². The highest BCUT2D eigenvalue weighted by Gasteiger charge is 2.22. The zero-order valence-electron chi connectivity index (χ0n) is 13.9. The summed E-state index contributed by atoms with van der Waals surface area (Å²) in [6.07, 6.45) is 1.37. The van der Waals surface area contributed by atoms with Crippen LogP contribution in [0.3, 0.4) is 0 Å². The van der Waals surface area contributed by atoms with Gasteiger partial charge in [0.1, 0.15) is 5.82 Å². The van der Waals surface area contributed by atoms with Crippen LogP contribution >= 0.6 is 0 Å². The first-order chi connectivity index (χ1) is 11.3. The van der Waals surface area contributed by atoms with E-state index in [0.717, 1.165) is 0 Å². The van der Waals surface area contributed by atoms with Gasteiger partial charge in [0.15, 0.2) is 0 Å². The molecule has 24 heavy (non-hydrogen) atoms. The van der Waals surface area contributed by atoms with Crippen molar-refractivity contribution in [3.63, 3.8) is 0 Å². The Morgan fingerprint density at radius 2 is 1.96 bits per heavy atom. The molecule has 0 aliphatic carbocycles. The van der Waals surface area contributed by atoms with Gasteiger partial charge in [-0.3, -0.25) is 9.69 Å². The van der Waals surface area contributed by atoms with Crippen molar-refractivity contribution < 1.29 is 19.1 Å². The van der Waals surface area contributed by atoms with Crippen LogP contribution in [0.25, 0.3) is 0 Å². The summed E-state index contributed by atoms with van der Waals surface area (Å²) in [7, 11) is 3.59. The predicted molar refractivity (Wildman–Crippen MR) is 90.0 cm³/mol. The number of carboxylic acid groups (broad SMARTS) is 1. The molecule has 0 spiro atoms. The van der Waals surface area contributed by atoms with Gasteiger partial charge in [-0.05, 0) is 31.0 Å². The number of anilines is 2. The standard InChI is InChI=1S/C16H23FN4O3/c1-20(2)14-8-11(17)7-13(9-14)19-16(24)18-12-3-5-21(6-4-12)10-15(22)23/h7-9,12H,3-6,10H2,1-2H3,(H,22,23)(H2,18,19,24). The van der Waals surface area contributed by atoms with Gasteiger partial charge in [-0.15, -0.1) is 0 Å². The number of nitrogens with zero attached hydrogens (tertiary/aromatic N) is 2. The lowest BCUT2D eigenvalue weighted by molar-refractivity contribution is -0.138. The Hall–Kier alpha value is -2.35. The molecular weight excluding hydrogens is 315 g/mol. The number of aliphatic carboxylic acids is 1. The molecule has 3 N–H and O–H groups in total. The Morgan fingerprint density at radius 3 is 2.54 bits per heavy atom. The molecule has 0 unspecified atom stereocenters. The molecule has 2 rings (SSSR count). The second-order valence-electron chi connectivity index (χ2n) is 6.14. The molecule has 1 aromatic carbocycles. The largest absolute Gasteiger partial charge is 0.480 e. The third kappa shape index (κ3) is 5.38. The molecule has 1 aliphatic rings. The van der Waals surface area contributed by atoms with Gasteiger partial charge in [0, 0.05) is 44.6 Å². The molecule has 1 aliphatic heterocycles. The molecule has 132 valence electrons. The number of piperidine rings is 1. The number of nitrogens with one attached hydrogen (secondary N) is 2. The molecule has 8 heteroatoms. The zero-order valence-corrected chi connectivity index (χ0v) is 13.9. The smallest absolute Gasteiger partial charge is 0.319 e. The average molecular weight is 338 g/mol. The Balaban J connectivity index is 1.85. The summed E-state index contributed by atoms with van der Waals surface area (Å²) in [6.45, 7) is 1.28. The number of likely N-dealkylation sites (tertiary alicyclic amines) is 1. The van der Waals surface area contributed by atoms with E-state index in [1.165, 1.54) is 12.1 Å². The highest BCUT2D eigenvalue weighted by atomic mass is 19.1. The fraction of sp³-hybridized carbons (Fsp3) is 0.500. The summed E-state index contributed by atoms with van der Waals surface area (Å²) in [5.74, 6) is -1.26. The second kappa shape index (κ2) is 7.96. The van der Waals surface area contributed by atoms with E-state index in [-0.39, 0.29) is 18.6 Å². The highest BCUT2D eigenvalue weighted by Crippen LogP contribution is 2.20. The molecular formula is C16H23FN4O3. The number of halogens is 1. The lowest BCUT2D eigenvalue weighted by Gasteiger charge is -2.31. The van der Waals surface area contributed by atoms with Crippen molar-refractivity contribution in [1.29, 1.82) is 0 Å². The van der Waals surface area contributed by atoms with E-state index in [2.05, 4.69) is 10.6 Å². The van der Waals surface area contributed by atoms with Crippen molar-refractivity contribution in [3.05, 3.63) is 24.0 Å². The topological polar surface area (TPSA) is 84.9 Å². The van der Waals surface area contributed by atoms with E-state index < -0.39 is 11.8 Å². The fourth-order valence-corrected chi connectivity index (χ4v) is 2.68. The van der Waals surface area contributed by atoms with Gasteiger partial charge in [0.25, 0.3) is 0 Å². The SMILES string of the molecule is CN(C)c1cc(F)cc(NC(=O)NC2CCN(CC(=O)O)CC2)c1. The molecule has 2 amide bonds. The maximum absolute atomic E-state index is 13.6. The average Bonchev–Trinajstić information content (AvgIpc) is 2.48. The van der Waals surface area contributed by atoms with Gasteiger partial charge in [-0.25, -0.2) is 9.18 Å². The normalized spacial score (nSPS) is 15.8. The first-order valence-corrected chi connectivity index (χ1v) is 7.83. The number of amides is 2. The lowest BCUT2D eigenvalue weighted by atomic mass is 10.1. The summed E-state index contributed by atoms with van der Waals surface area (Å²) in [5, 5.41) is 14.3. The Labute approximate surface area is 140 Å². The molecule has 0 radical (unpaired) electrons. The Kier molecular flexibility index (Phi) is 5.97. The third-order valence-electron chi connectivity index (χ3n) is 3.94. The van der Waals surface area contributed by atoms with Crippen LogP contribution in [-0.4, -0.2) is 61.8 Å². The van der Waals surface area contributed by atoms with E-state index in [9.17, 15) is 14.0 Å². The Morgan fingerprint density at radius 1 is 1.29 bits per heavy atom. The van der Waals surface area contributed by atoms with Gasteiger partial charge >= 0.3 is 12.0 Å². The van der Waals surface area contributed by atoms with E-state index in [1.54, 1.807) is 25.1 Å². The van der Waals surface area contributed by atoms with Crippen molar-refractivity contribution in [2.24, 2.45) is 0 Å². The summed E-state index contributed by atoms with van der Waals surface area (Å²) < 4.78 is 13.6. The molecule has 1 aromatic rings. The van der Waals surface area contributed by atoms with Gasteiger partial charge in [0.2, 0.25) is 0 Å². The molecule has 1 fully saturated rings. The highest BCUT2D eigenvalue weighted by molar-refractivity contribution is 5.90. The fourth-order valence-electron chi connectivity index (χ4n) is 2.68. The summed E-state index contributed by atoms with van der Waals surface area (Å²) in [6, 6.07) is 3.94. The molecule has 1 heterocycles. The quantitative estimate of drug-likeness (QED) is 0.759. The first kappa shape index (κ1) is 18.0. The molecule has 1 saturated heterocycles. The monoisotopic (exact) mass is 338 g/mol. The van der Waals surface area contributed by atoms with Crippen LogP contribution < -0.4 is 15.5 Å². The third-order valence-corrected chi connectivity index (χ3v) is 3.94. The number of hydrogen-bond acceptors (Lipinski definition) is 4. The van der Waals surface area contributed by atoms with Crippen LogP contribution in [0.1, 0.15) is 12.8 Å². The van der Waals surface area contributed by atoms with Crippen molar-refractivity contribution in [3.8, 4) is 0 Å². The maximum atomic E-state index is 13.6. The van der Waals surface area contributed by atoms with Gasteiger partial charge in [-0.1, -0.05) is 0 Å². The molecule has 0 saturated carbocycles. The molecule has 0 bridgehead atoms. The van der Waals surface area contributed by atoms with Crippen molar-refractivity contribution in [2.75, 3.05) is 43.9 Å². The number of benzene rings is 1. The number of carboxylic acids is 1. The predicted octanol–water partition coefficient (Wildman–Crippen LogP) is 1.56. The van der Waals surface area contributed by atoms with E-state index in [4.69, 9.17) is 5.11 Å².